The Hall–Kier alpha value is -2.91. The lowest BCUT2D eigenvalue weighted by Gasteiger charge is -2.16. The Balaban J connectivity index is 1.67. The highest BCUT2D eigenvalue weighted by molar-refractivity contribution is 7.17. The normalized spacial score (nSPS) is 12.2. The summed E-state index contributed by atoms with van der Waals surface area (Å²) in [5.41, 5.74) is 14.8. The molecule has 0 saturated heterocycles. The predicted octanol–water partition coefficient (Wildman–Crippen LogP) is 4.00. The lowest BCUT2D eigenvalue weighted by Crippen LogP contribution is -2.21. The number of ether oxygens (including phenoxy) is 1. The molecule has 3 aromatic heterocycles. The molecule has 0 saturated carbocycles. The first kappa shape index (κ1) is 22.3. The Morgan fingerprint density at radius 2 is 2.12 bits per heavy atom. The summed E-state index contributed by atoms with van der Waals surface area (Å²) in [6.45, 7) is 3.91. The third-order valence-electron chi connectivity index (χ3n) is 5.04. The van der Waals surface area contributed by atoms with Gasteiger partial charge in [-0.05, 0) is 24.6 Å². The van der Waals surface area contributed by atoms with Crippen molar-refractivity contribution < 1.29 is 9.53 Å². The number of nitrogens with two attached hydrogens (primary N) is 2. The zero-order valence-electron chi connectivity index (χ0n) is 17.5. The van der Waals surface area contributed by atoms with Crippen LogP contribution in [0.1, 0.15) is 33.8 Å². The minimum atomic E-state index is -0.539. The molecule has 3 heterocycles. The maximum atomic E-state index is 12.1. The van der Waals surface area contributed by atoms with Gasteiger partial charge in [0.25, 0.3) is 5.91 Å². The third kappa shape index (κ3) is 4.63. The molecule has 0 aliphatic heterocycles. The van der Waals surface area contributed by atoms with E-state index in [1.165, 1.54) is 11.3 Å². The Labute approximate surface area is 195 Å². The van der Waals surface area contributed by atoms with Crippen LogP contribution in [0, 0.1) is 0 Å². The number of carbonyl (C=O) groups is 1. The number of imidazole rings is 1. The quantitative estimate of drug-likeness (QED) is 0.321. The number of pyridine rings is 1. The highest BCUT2D eigenvalue weighted by Gasteiger charge is 2.21. The summed E-state index contributed by atoms with van der Waals surface area (Å²) < 4.78 is 8.12. The molecule has 1 amide bonds. The topological polar surface area (TPSA) is 108 Å². The van der Waals surface area contributed by atoms with Gasteiger partial charge in [-0.15, -0.1) is 11.3 Å². The second kappa shape index (κ2) is 9.70. The number of primary amides is 1. The fourth-order valence-electron chi connectivity index (χ4n) is 3.46. The molecule has 0 fully saturated rings. The molecule has 0 spiro atoms. The number of carbonyl (C=O) groups excluding carboxylic acids is 1. The van der Waals surface area contributed by atoms with Crippen LogP contribution in [0.4, 0.5) is 0 Å². The largest absolute Gasteiger partial charge is 0.484 e. The minimum Gasteiger partial charge on any atom is -0.484 e. The smallest absolute Gasteiger partial charge is 0.262 e. The first-order valence-corrected chi connectivity index (χ1v) is 11.4. The molecule has 1 aromatic carbocycles. The maximum absolute atomic E-state index is 12.1. The summed E-state index contributed by atoms with van der Waals surface area (Å²) in [4.78, 5) is 17.8. The molecule has 1 atom stereocenters. The number of fused-ring (bicyclic) bond motifs is 1. The highest BCUT2D eigenvalue weighted by atomic mass is 35.5. The number of nitrogens with one attached hydrogen (secondary N) is 1. The van der Waals surface area contributed by atoms with Crippen LogP contribution < -0.4 is 21.5 Å². The number of amides is 1. The number of halogens is 1. The third-order valence-corrected chi connectivity index (χ3v) is 6.54. The van der Waals surface area contributed by atoms with Crippen LogP contribution in [-0.2, 0) is 6.54 Å². The van der Waals surface area contributed by atoms with E-state index in [1.54, 1.807) is 6.20 Å². The monoisotopic (exact) mass is 469 g/mol. The van der Waals surface area contributed by atoms with E-state index in [0.29, 0.717) is 28.7 Å². The number of thiophene rings is 1. The second-order valence-corrected chi connectivity index (χ2v) is 8.78. The first-order valence-electron chi connectivity index (χ1n) is 10.2. The molecule has 166 valence electrons. The van der Waals surface area contributed by atoms with E-state index in [9.17, 15) is 4.79 Å². The Kier molecular flexibility index (Phi) is 6.76. The van der Waals surface area contributed by atoms with Crippen LogP contribution in [0.3, 0.4) is 0 Å². The molecule has 9 heteroatoms. The van der Waals surface area contributed by atoms with Gasteiger partial charge in [-0.1, -0.05) is 35.9 Å². The van der Waals surface area contributed by atoms with Crippen LogP contribution in [0.25, 0.3) is 16.2 Å². The molecule has 4 rings (SSSR count). The van der Waals surface area contributed by atoms with Crippen molar-refractivity contribution in [3.63, 3.8) is 0 Å². The molecular weight excluding hydrogens is 446 g/mol. The molecule has 0 aliphatic carbocycles. The Bertz CT molecular complexity index is 1250. The molecule has 7 nitrogen and oxygen atoms in total. The zero-order valence-corrected chi connectivity index (χ0v) is 19.1. The summed E-state index contributed by atoms with van der Waals surface area (Å²) in [6.07, 6.45) is 3.45. The van der Waals surface area contributed by atoms with Gasteiger partial charge in [-0.3, -0.25) is 9.20 Å². The standard InChI is InChI=1S/C23H24ClN5O2S/c1-14(16-4-2-3-5-17(16)24)31-19-10-20(32-22(19)23(26)30)18-12-28-21-7-6-15(13-29(18)21)11-27-9-8-25/h2-7,10,12-14,27H,8-9,11,25H2,1H3,(H2,26,30). The van der Waals surface area contributed by atoms with Crippen molar-refractivity contribution in [1.82, 2.24) is 14.7 Å². The summed E-state index contributed by atoms with van der Waals surface area (Å²) >= 11 is 7.59. The van der Waals surface area contributed by atoms with Crippen LogP contribution in [-0.4, -0.2) is 28.4 Å². The number of hydrogen-bond donors (Lipinski definition) is 3. The molecule has 5 N–H and O–H groups in total. The number of aromatic nitrogens is 2. The SMILES string of the molecule is CC(Oc1cc(-c2cnc3ccc(CNCCN)cn23)sc1C(N)=O)c1ccccc1Cl. The fraction of sp³-hybridized carbons (Fsp3) is 0.217. The van der Waals surface area contributed by atoms with Gasteiger partial charge < -0.3 is 21.5 Å². The summed E-state index contributed by atoms with van der Waals surface area (Å²) in [7, 11) is 0. The van der Waals surface area contributed by atoms with E-state index < -0.39 is 5.91 Å². The number of rotatable bonds is 9. The minimum absolute atomic E-state index is 0.355. The average molecular weight is 470 g/mol. The maximum Gasteiger partial charge on any atom is 0.262 e. The highest BCUT2D eigenvalue weighted by Crippen LogP contribution is 2.39. The van der Waals surface area contributed by atoms with Gasteiger partial charge in [-0.2, -0.15) is 0 Å². The van der Waals surface area contributed by atoms with Crippen molar-refractivity contribution in [3.8, 4) is 16.3 Å². The van der Waals surface area contributed by atoms with Gasteiger partial charge in [0, 0.05) is 42.5 Å². The lowest BCUT2D eigenvalue weighted by atomic mass is 10.1. The van der Waals surface area contributed by atoms with Crippen LogP contribution in [0.15, 0.2) is 54.9 Å². The van der Waals surface area contributed by atoms with Crippen LogP contribution in [0.5, 0.6) is 5.75 Å². The summed E-state index contributed by atoms with van der Waals surface area (Å²) in [5, 5.41) is 3.89. The molecule has 0 radical (unpaired) electrons. The van der Waals surface area contributed by atoms with Crippen molar-refractivity contribution in [2.45, 2.75) is 19.6 Å². The summed E-state index contributed by atoms with van der Waals surface area (Å²) in [6, 6.07) is 13.3. The van der Waals surface area contributed by atoms with E-state index in [-0.39, 0.29) is 6.10 Å². The van der Waals surface area contributed by atoms with Crippen molar-refractivity contribution in [2.75, 3.05) is 13.1 Å². The van der Waals surface area contributed by atoms with Crippen molar-refractivity contribution in [3.05, 3.63) is 75.9 Å². The first-order chi connectivity index (χ1) is 15.5. The van der Waals surface area contributed by atoms with Gasteiger partial charge >= 0.3 is 0 Å². The number of nitrogens with zero attached hydrogens (tertiary/aromatic N) is 2. The number of hydrogen-bond acceptors (Lipinski definition) is 6. The van der Waals surface area contributed by atoms with Gasteiger partial charge in [0.15, 0.2) is 0 Å². The molecule has 32 heavy (non-hydrogen) atoms. The molecule has 0 bridgehead atoms. The summed E-state index contributed by atoms with van der Waals surface area (Å²) in [5.74, 6) is -0.108. The van der Waals surface area contributed by atoms with E-state index in [0.717, 1.165) is 33.9 Å². The number of benzene rings is 1. The average Bonchev–Trinajstić information content (AvgIpc) is 3.38. The van der Waals surface area contributed by atoms with Gasteiger partial charge in [0.05, 0.1) is 16.8 Å². The predicted molar refractivity (Wildman–Crippen MR) is 128 cm³/mol. The molecule has 1 unspecified atom stereocenters. The lowest BCUT2D eigenvalue weighted by molar-refractivity contribution is 0.0998. The molecule has 4 aromatic rings. The van der Waals surface area contributed by atoms with E-state index in [1.807, 2.05) is 60.0 Å². The molecular formula is C23H24ClN5O2S. The molecule has 0 aliphatic rings. The van der Waals surface area contributed by atoms with E-state index in [4.69, 9.17) is 27.8 Å². The van der Waals surface area contributed by atoms with E-state index >= 15 is 0 Å². The Morgan fingerprint density at radius 3 is 2.88 bits per heavy atom. The van der Waals surface area contributed by atoms with Crippen LogP contribution >= 0.6 is 22.9 Å². The van der Waals surface area contributed by atoms with Crippen molar-refractivity contribution in [1.29, 1.82) is 0 Å². The van der Waals surface area contributed by atoms with Crippen molar-refractivity contribution >= 4 is 34.5 Å². The Morgan fingerprint density at radius 1 is 1.31 bits per heavy atom. The van der Waals surface area contributed by atoms with Crippen LogP contribution in [0.2, 0.25) is 5.02 Å². The van der Waals surface area contributed by atoms with Gasteiger partial charge in [0.2, 0.25) is 0 Å². The van der Waals surface area contributed by atoms with Crippen molar-refractivity contribution in [2.24, 2.45) is 11.5 Å². The second-order valence-electron chi connectivity index (χ2n) is 7.32. The fourth-order valence-corrected chi connectivity index (χ4v) is 4.70. The van der Waals surface area contributed by atoms with Gasteiger partial charge in [0.1, 0.15) is 22.4 Å². The van der Waals surface area contributed by atoms with E-state index in [2.05, 4.69) is 10.3 Å². The van der Waals surface area contributed by atoms with Gasteiger partial charge in [-0.25, -0.2) is 4.98 Å². The zero-order chi connectivity index (χ0) is 22.7.